The first-order chi connectivity index (χ1) is 23.8. The molecule has 0 aliphatic carbocycles. The molecule has 11 nitrogen and oxygen atoms in total. The van der Waals surface area contributed by atoms with Gasteiger partial charge in [0, 0.05) is 29.4 Å². The summed E-state index contributed by atoms with van der Waals surface area (Å²) in [5.74, 6) is -0.463. The lowest BCUT2D eigenvalue weighted by atomic mass is 10.0. The molecule has 4 rings (SSSR count). The van der Waals surface area contributed by atoms with E-state index in [-0.39, 0.29) is 34.9 Å². The highest BCUT2D eigenvalue weighted by atomic mass is 16.6. The van der Waals surface area contributed by atoms with E-state index in [0.29, 0.717) is 40.6 Å². The number of aldehydes is 1. The fourth-order valence-corrected chi connectivity index (χ4v) is 5.73. The molecule has 0 aliphatic rings. The third kappa shape index (κ3) is 9.56. The molecule has 4 aromatic rings. The zero-order chi connectivity index (χ0) is 35.2. The number of nitrogens with one attached hydrogen (secondary N) is 1. The molecule has 11 heteroatoms. The molecule has 0 radical (unpaired) electrons. The lowest BCUT2D eigenvalue weighted by Gasteiger charge is -2.24. The maximum atomic E-state index is 13.8. The Bertz CT molecular complexity index is 1770. The van der Waals surface area contributed by atoms with Gasteiger partial charge in [-0.1, -0.05) is 95.0 Å². The summed E-state index contributed by atoms with van der Waals surface area (Å²) in [6.45, 7) is 2.47. The van der Waals surface area contributed by atoms with Gasteiger partial charge in [0.2, 0.25) is 0 Å². The maximum absolute atomic E-state index is 13.8. The number of ether oxygens (including phenoxy) is 2. The Hall–Kier alpha value is -5.45. The smallest absolute Gasteiger partial charge is 0.419 e. The van der Waals surface area contributed by atoms with E-state index in [2.05, 4.69) is 12.2 Å². The Kier molecular flexibility index (Phi) is 13.5. The number of amides is 2. The zero-order valence-corrected chi connectivity index (χ0v) is 28.0. The Morgan fingerprint density at radius 1 is 0.857 bits per heavy atom. The third-order valence-corrected chi connectivity index (χ3v) is 8.38. The summed E-state index contributed by atoms with van der Waals surface area (Å²) < 4.78 is 11.0. The van der Waals surface area contributed by atoms with E-state index in [1.807, 2.05) is 0 Å². The van der Waals surface area contributed by atoms with Crippen molar-refractivity contribution in [3.8, 4) is 17.2 Å². The summed E-state index contributed by atoms with van der Waals surface area (Å²) in [5, 5.41) is 26.1. The highest BCUT2D eigenvalue weighted by molar-refractivity contribution is 6.12. The number of phenolic OH excluding ortho intramolecular Hbond substituents is 1. The van der Waals surface area contributed by atoms with E-state index < -0.39 is 16.9 Å². The van der Waals surface area contributed by atoms with Crippen LogP contribution in [0.4, 0.5) is 21.9 Å². The number of nitro benzene ring substituents is 1. The molecule has 49 heavy (non-hydrogen) atoms. The second-order valence-corrected chi connectivity index (χ2v) is 11.8. The number of non-ortho nitro benzene ring substituents is 1. The molecule has 0 aromatic heterocycles. The lowest BCUT2D eigenvalue weighted by molar-refractivity contribution is -0.384. The highest BCUT2D eigenvalue weighted by Crippen LogP contribution is 2.36. The van der Waals surface area contributed by atoms with E-state index in [0.717, 1.165) is 31.4 Å². The van der Waals surface area contributed by atoms with Gasteiger partial charge in [0.1, 0.15) is 17.2 Å². The Morgan fingerprint density at radius 2 is 1.55 bits per heavy atom. The lowest BCUT2D eigenvalue weighted by Crippen LogP contribution is -2.35. The van der Waals surface area contributed by atoms with E-state index >= 15 is 0 Å². The summed E-state index contributed by atoms with van der Waals surface area (Å²) in [5.41, 5.74) is 0.456. The van der Waals surface area contributed by atoms with Crippen LogP contribution in [-0.2, 0) is 0 Å². The summed E-state index contributed by atoms with van der Waals surface area (Å²) in [4.78, 5) is 50.8. The predicted molar refractivity (Wildman–Crippen MR) is 190 cm³/mol. The molecule has 0 aliphatic heterocycles. The largest absolute Gasteiger partial charge is 0.506 e. The molecule has 258 valence electrons. The number of benzene rings is 4. The number of carbonyl (C=O) groups is 3. The second kappa shape index (κ2) is 18.2. The van der Waals surface area contributed by atoms with E-state index in [1.165, 1.54) is 62.7 Å². The number of nitro groups is 1. The number of phenols is 1. The van der Waals surface area contributed by atoms with Crippen molar-refractivity contribution in [2.75, 3.05) is 23.9 Å². The molecule has 0 fully saturated rings. The molecule has 0 spiro atoms. The quantitative estimate of drug-likeness (QED) is 0.0461. The number of unbranched alkanes of at least 4 members (excludes halogenated alkanes) is 9. The van der Waals surface area contributed by atoms with Crippen LogP contribution < -0.4 is 19.7 Å². The van der Waals surface area contributed by atoms with Crippen LogP contribution in [0.15, 0.2) is 72.8 Å². The molecule has 0 unspecified atom stereocenters. The monoisotopic (exact) mass is 669 g/mol. The van der Waals surface area contributed by atoms with Crippen LogP contribution in [0.1, 0.15) is 91.8 Å². The standard InChI is InChI=1S/C38H43N3O8/c1-3-4-5-6-7-8-9-10-11-14-24-40(38(45)49-34-23-20-28(41(46)47)25-27(34)26-42)33-18-15-16-30-29(33)21-22-31(36(30)43)37(44)39-32-17-12-13-19-35(32)48-2/h12-13,15-23,25-26,43H,3-11,14,24H2,1-2H3,(H,39,44). The summed E-state index contributed by atoms with van der Waals surface area (Å²) in [7, 11) is 1.49. The van der Waals surface area contributed by atoms with Crippen LogP contribution in [0.5, 0.6) is 17.2 Å². The maximum Gasteiger partial charge on any atom is 0.419 e. The number of methoxy groups -OCH3 is 1. The molecule has 0 atom stereocenters. The van der Waals surface area contributed by atoms with Crippen LogP contribution >= 0.6 is 0 Å². The van der Waals surface area contributed by atoms with Gasteiger partial charge in [-0.05, 0) is 36.8 Å². The Morgan fingerprint density at radius 3 is 2.22 bits per heavy atom. The SMILES string of the molecule is CCCCCCCCCCCCN(C(=O)Oc1ccc([N+](=O)[O-])cc1C=O)c1cccc2c(O)c(C(=O)Nc3ccccc3OC)ccc12. The van der Waals surface area contributed by atoms with Crippen molar-refractivity contribution in [1.29, 1.82) is 0 Å². The number of carbonyl (C=O) groups excluding carboxylic acids is 3. The van der Waals surface area contributed by atoms with Crippen LogP contribution in [0.3, 0.4) is 0 Å². The summed E-state index contributed by atoms with van der Waals surface area (Å²) >= 11 is 0. The Labute approximate surface area is 286 Å². The van der Waals surface area contributed by atoms with Gasteiger partial charge in [-0.25, -0.2) is 4.79 Å². The Balaban J connectivity index is 1.58. The molecule has 0 heterocycles. The molecule has 0 saturated carbocycles. The second-order valence-electron chi connectivity index (χ2n) is 11.8. The minimum absolute atomic E-state index is 0.0286. The first-order valence-electron chi connectivity index (χ1n) is 16.7. The molecule has 0 bridgehead atoms. The van der Waals surface area contributed by atoms with Crippen LogP contribution in [0, 0.1) is 10.1 Å². The number of rotatable bonds is 18. The fourth-order valence-electron chi connectivity index (χ4n) is 5.73. The molecular formula is C38H43N3O8. The predicted octanol–water partition coefficient (Wildman–Crippen LogP) is 9.45. The minimum atomic E-state index is -0.794. The van der Waals surface area contributed by atoms with Gasteiger partial charge in [-0.3, -0.25) is 24.6 Å². The van der Waals surface area contributed by atoms with Gasteiger partial charge >= 0.3 is 6.09 Å². The molecule has 2 N–H and O–H groups in total. The van der Waals surface area contributed by atoms with Crippen molar-refractivity contribution in [2.45, 2.75) is 71.1 Å². The average molecular weight is 670 g/mol. The molecule has 4 aromatic carbocycles. The third-order valence-electron chi connectivity index (χ3n) is 8.38. The van der Waals surface area contributed by atoms with Gasteiger partial charge < -0.3 is 19.9 Å². The topological polar surface area (TPSA) is 148 Å². The molecule has 0 saturated heterocycles. The van der Waals surface area contributed by atoms with E-state index in [9.17, 15) is 29.6 Å². The average Bonchev–Trinajstić information content (AvgIpc) is 3.11. The van der Waals surface area contributed by atoms with Crippen molar-refractivity contribution < 1.29 is 33.9 Å². The molecule has 2 amide bonds. The van der Waals surface area contributed by atoms with Crippen molar-refractivity contribution in [2.24, 2.45) is 0 Å². The van der Waals surface area contributed by atoms with Crippen molar-refractivity contribution in [3.63, 3.8) is 0 Å². The van der Waals surface area contributed by atoms with Gasteiger partial charge in [0.15, 0.2) is 6.29 Å². The normalized spacial score (nSPS) is 10.8. The number of fused-ring (bicyclic) bond motifs is 1. The zero-order valence-electron chi connectivity index (χ0n) is 28.0. The van der Waals surface area contributed by atoms with Crippen molar-refractivity contribution in [1.82, 2.24) is 0 Å². The van der Waals surface area contributed by atoms with Crippen LogP contribution in [0.25, 0.3) is 10.8 Å². The number of hydrogen-bond donors (Lipinski definition) is 2. The van der Waals surface area contributed by atoms with Gasteiger partial charge in [-0.2, -0.15) is 0 Å². The van der Waals surface area contributed by atoms with Crippen LogP contribution in [0.2, 0.25) is 0 Å². The number of anilines is 2. The number of para-hydroxylation sites is 2. The highest BCUT2D eigenvalue weighted by Gasteiger charge is 2.24. The number of hydrogen-bond acceptors (Lipinski definition) is 8. The number of aromatic hydroxyl groups is 1. The molecular weight excluding hydrogens is 626 g/mol. The van der Waals surface area contributed by atoms with Crippen molar-refractivity contribution in [3.05, 3.63) is 94.0 Å². The number of nitrogens with zero attached hydrogens (tertiary/aromatic N) is 2. The summed E-state index contributed by atoms with van der Waals surface area (Å²) in [6, 6.07) is 18.5. The van der Waals surface area contributed by atoms with Gasteiger partial charge in [0.05, 0.1) is 34.5 Å². The minimum Gasteiger partial charge on any atom is -0.506 e. The fraction of sp³-hybridized carbons (Fsp3) is 0.342. The first kappa shape index (κ1) is 36.4. The first-order valence-corrected chi connectivity index (χ1v) is 16.7. The van der Waals surface area contributed by atoms with Gasteiger partial charge in [-0.15, -0.1) is 0 Å². The van der Waals surface area contributed by atoms with E-state index in [1.54, 1.807) is 48.5 Å². The summed E-state index contributed by atoms with van der Waals surface area (Å²) in [6.07, 6.45) is 10.6. The van der Waals surface area contributed by atoms with E-state index in [4.69, 9.17) is 9.47 Å². The van der Waals surface area contributed by atoms with Crippen molar-refractivity contribution >= 4 is 46.1 Å². The van der Waals surface area contributed by atoms with Gasteiger partial charge in [0.25, 0.3) is 11.6 Å². The van der Waals surface area contributed by atoms with Crippen LogP contribution in [-0.4, -0.2) is 42.0 Å².